The Morgan fingerprint density at radius 1 is 0.882 bits per heavy atom. The number of amides is 5. The van der Waals surface area contributed by atoms with E-state index in [2.05, 4.69) is 20.9 Å². The molecule has 6 rings (SSSR count). The van der Waals surface area contributed by atoms with E-state index < -0.39 is 48.2 Å². The van der Waals surface area contributed by atoms with Crippen LogP contribution in [0, 0.1) is 0 Å². The molecule has 4 aromatic carbocycles. The minimum atomic E-state index is -4.79. The molecule has 5 amide bonds. The summed E-state index contributed by atoms with van der Waals surface area (Å²) in [6, 6.07) is 23.4. The summed E-state index contributed by atoms with van der Waals surface area (Å²) in [5.41, 5.74) is -1.67. The highest BCUT2D eigenvalue weighted by Crippen LogP contribution is 2.52. The summed E-state index contributed by atoms with van der Waals surface area (Å²) in [7, 11) is 1.52. The van der Waals surface area contributed by atoms with Crippen molar-refractivity contribution in [2.45, 2.75) is 37.8 Å². The number of carbonyl (C=O) groups is 4. The van der Waals surface area contributed by atoms with Crippen LogP contribution in [0.3, 0.4) is 0 Å². The van der Waals surface area contributed by atoms with Crippen LogP contribution < -0.4 is 30.1 Å². The Balaban J connectivity index is 1.34. The van der Waals surface area contributed by atoms with Crippen LogP contribution in [0.4, 0.5) is 46.4 Å². The summed E-state index contributed by atoms with van der Waals surface area (Å²) in [6.07, 6.45) is -4.79. The molecule has 4 aromatic rings. The Morgan fingerprint density at radius 3 is 2.14 bits per heavy atom. The third-order valence-corrected chi connectivity index (χ3v) is 8.33. The zero-order valence-electron chi connectivity index (χ0n) is 27.6. The summed E-state index contributed by atoms with van der Waals surface area (Å²) in [4.78, 5) is 60.2. The van der Waals surface area contributed by atoms with E-state index in [4.69, 9.17) is 4.74 Å². The fourth-order valence-electron chi connectivity index (χ4n) is 5.88. The number of nitrogens with one attached hydrogen (secondary N) is 2. The van der Waals surface area contributed by atoms with Crippen molar-refractivity contribution in [2.75, 3.05) is 33.7 Å². The molecule has 1 unspecified atom stereocenters. The number of urea groups is 1. The average molecular weight is 700 g/mol. The fourth-order valence-corrected chi connectivity index (χ4v) is 5.88. The fraction of sp³-hybridized carbons (Fsp3) is 0.222. The molecule has 51 heavy (non-hydrogen) atoms. The number of rotatable bonds is 9. The molecule has 0 aliphatic carbocycles. The molecule has 2 heterocycles. The van der Waals surface area contributed by atoms with Crippen LogP contribution >= 0.6 is 0 Å². The molecule has 2 N–H and O–H groups in total. The molecule has 0 saturated heterocycles. The van der Waals surface area contributed by atoms with E-state index in [0.29, 0.717) is 17.1 Å². The van der Waals surface area contributed by atoms with Crippen LogP contribution in [0.1, 0.15) is 19.4 Å². The Labute approximate surface area is 290 Å². The van der Waals surface area contributed by atoms with Crippen LogP contribution in [0.5, 0.6) is 5.75 Å². The van der Waals surface area contributed by atoms with Crippen LogP contribution in [-0.2, 0) is 20.0 Å². The second kappa shape index (κ2) is 13.6. The van der Waals surface area contributed by atoms with E-state index in [1.807, 2.05) is 13.8 Å². The molecule has 1 atom stereocenters. The maximum absolute atomic E-state index is 14.4. The van der Waals surface area contributed by atoms with Crippen molar-refractivity contribution in [3.63, 3.8) is 0 Å². The molecular formula is C36H32F3N7O5. The Hall–Kier alpha value is -6.25. The summed E-state index contributed by atoms with van der Waals surface area (Å²) >= 11 is 0. The molecule has 0 spiro atoms. The lowest BCUT2D eigenvalue weighted by molar-refractivity contribution is -0.166. The third-order valence-electron chi connectivity index (χ3n) is 8.33. The highest BCUT2D eigenvalue weighted by atomic mass is 19.4. The van der Waals surface area contributed by atoms with Gasteiger partial charge in [0.25, 0.3) is 11.8 Å². The number of nitrogens with zero attached hydrogens (tertiary/aromatic N) is 5. The first-order valence-corrected chi connectivity index (χ1v) is 15.8. The van der Waals surface area contributed by atoms with Crippen molar-refractivity contribution in [3.8, 4) is 5.75 Å². The highest BCUT2D eigenvalue weighted by Gasteiger charge is 2.65. The van der Waals surface area contributed by atoms with E-state index in [1.165, 1.54) is 35.1 Å². The van der Waals surface area contributed by atoms with Crippen molar-refractivity contribution in [2.24, 2.45) is 10.2 Å². The summed E-state index contributed by atoms with van der Waals surface area (Å²) < 4.78 is 46.2. The second-order valence-corrected chi connectivity index (χ2v) is 12.0. The van der Waals surface area contributed by atoms with Gasteiger partial charge in [0, 0.05) is 28.7 Å². The minimum absolute atomic E-state index is 0.0678. The van der Waals surface area contributed by atoms with E-state index in [-0.39, 0.29) is 28.7 Å². The van der Waals surface area contributed by atoms with E-state index >= 15 is 0 Å². The number of halogens is 3. The lowest BCUT2D eigenvalue weighted by Gasteiger charge is -2.31. The number of methoxy groups -OCH3 is 1. The van der Waals surface area contributed by atoms with Gasteiger partial charge in [0.15, 0.2) is 6.04 Å². The minimum Gasteiger partial charge on any atom is -0.497 e. The zero-order chi connectivity index (χ0) is 36.5. The zero-order valence-corrected chi connectivity index (χ0v) is 27.6. The summed E-state index contributed by atoms with van der Waals surface area (Å²) in [5.74, 6) is -1.64. The van der Waals surface area contributed by atoms with Crippen LogP contribution in [0.15, 0.2) is 113 Å². The Bertz CT molecular complexity index is 2000. The lowest BCUT2D eigenvalue weighted by Crippen LogP contribution is -2.57. The molecule has 0 fully saturated rings. The van der Waals surface area contributed by atoms with Gasteiger partial charge in [-0.2, -0.15) is 13.2 Å². The topological polar surface area (TPSA) is 136 Å². The first-order valence-electron chi connectivity index (χ1n) is 15.8. The maximum atomic E-state index is 14.4. The van der Waals surface area contributed by atoms with Gasteiger partial charge in [-0.05, 0) is 74.5 Å². The number of para-hydroxylation sites is 3. The van der Waals surface area contributed by atoms with Gasteiger partial charge >= 0.3 is 17.9 Å². The smallest absolute Gasteiger partial charge is 0.442 e. The van der Waals surface area contributed by atoms with Crippen molar-refractivity contribution in [1.82, 2.24) is 5.32 Å². The average Bonchev–Trinajstić information content (AvgIpc) is 3.94. The number of alkyl halides is 3. The largest absolute Gasteiger partial charge is 0.497 e. The van der Waals surface area contributed by atoms with Crippen molar-refractivity contribution >= 4 is 52.2 Å². The first-order chi connectivity index (χ1) is 24.3. The predicted octanol–water partition coefficient (Wildman–Crippen LogP) is 6.52. The summed E-state index contributed by atoms with van der Waals surface area (Å²) in [6.45, 7) is 3.11. The molecule has 0 saturated carbocycles. The molecule has 2 aliphatic rings. The van der Waals surface area contributed by atoms with Crippen molar-refractivity contribution in [1.29, 1.82) is 0 Å². The molecule has 0 radical (unpaired) electrons. The standard InChI is InChI=1S/C36H32F3N7O5/c1-22(2)45(26-16-18-27(51-3)19-17-26)30(47)21-44-28-14-7-8-15-29(28)46(25-12-5-4-6-13-25)33(49)31(32(44)48)41-34(50)40-24-11-9-10-23(20-24)35(42-43-35)36(37,38)39/h4-20,22,31H,21H2,1-3H3,(H2,40,41,50). The van der Waals surface area contributed by atoms with Gasteiger partial charge in [-0.25, -0.2) is 4.79 Å². The number of anilines is 5. The number of carbonyl (C=O) groups excluding carboxylic acids is 4. The van der Waals surface area contributed by atoms with Gasteiger partial charge in [-0.15, -0.1) is 10.2 Å². The molecular weight excluding hydrogens is 667 g/mol. The van der Waals surface area contributed by atoms with Crippen LogP contribution in [-0.4, -0.2) is 55.7 Å². The molecule has 15 heteroatoms. The van der Waals surface area contributed by atoms with Gasteiger partial charge in [0.05, 0.1) is 18.5 Å². The normalized spacial score (nSPS) is 16.3. The first kappa shape index (κ1) is 34.6. The predicted molar refractivity (Wildman–Crippen MR) is 183 cm³/mol. The molecule has 0 bridgehead atoms. The molecule has 12 nitrogen and oxygen atoms in total. The van der Waals surface area contributed by atoms with Crippen LogP contribution in [0.25, 0.3) is 0 Å². The number of hydrogen-bond acceptors (Lipinski definition) is 7. The number of hydrogen-bond donors (Lipinski definition) is 2. The third kappa shape index (κ3) is 6.69. The summed E-state index contributed by atoms with van der Waals surface area (Å²) in [5, 5.41) is 11.2. The lowest BCUT2D eigenvalue weighted by atomic mass is 10.0. The maximum Gasteiger partial charge on any atom is 0.442 e. The van der Waals surface area contributed by atoms with Crippen LogP contribution in [0.2, 0.25) is 0 Å². The second-order valence-electron chi connectivity index (χ2n) is 12.0. The van der Waals surface area contributed by atoms with Gasteiger partial charge in [-0.1, -0.05) is 42.5 Å². The Kier molecular flexibility index (Phi) is 9.21. The monoisotopic (exact) mass is 699 g/mol. The number of fused-ring (bicyclic) bond motifs is 1. The molecule has 0 aromatic heterocycles. The molecule has 2 aliphatic heterocycles. The number of benzene rings is 4. The quantitative estimate of drug-likeness (QED) is 0.192. The highest BCUT2D eigenvalue weighted by molar-refractivity contribution is 6.25. The molecule has 262 valence electrons. The SMILES string of the molecule is COc1ccc(N(C(=O)CN2C(=O)C(NC(=O)Nc3cccc(C4(C(F)(F)F)N=N4)c3)C(=O)N(c3ccccc3)c3ccccc32)C(C)C)cc1. The number of ether oxygens (including phenoxy) is 1. The van der Waals surface area contributed by atoms with Crippen molar-refractivity contribution in [3.05, 3.63) is 109 Å². The van der Waals surface area contributed by atoms with Gasteiger partial charge < -0.3 is 20.3 Å². The van der Waals surface area contributed by atoms with E-state index in [0.717, 1.165) is 11.0 Å². The van der Waals surface area contributed by atoms with E-state index in [9.17, 15) is 32.3 Å². The van der Waals surface area contributed by atoms with Gasteiger partial charge in [0.1, 0.15) is 12.3 Å². The Morgan fingerprint density at radius 2 is 1.53 bits per heavy atom. The van der Waals surface area contributed by atoms with Gasteiger partial charge in [-0.3, -0.25) is 24.2 Å². The van der Waals surface area contributed by atoms with Gasteiger partial charge in [0.2, 0.25) is 5.91 Å². The van der Waals surface area contributed by atoms with Crippen molar-refractivity contribution < 1.29 is 37.1 Å². The van der Waals surface area contributed by atoms with E-state index in [1.54, 1.807) is 78.9 Å².